The highest BCUT2D eigenvalue weighted by Gasteiger charge is 2.23. The van der Waals surface area contributed by atoms with Gasteiger partial charge in [-0.15, -0.1) is 0 Å². The van der Waals surface area contributed by atoms with Gasteiger partial charge in [-0.1, -0.05) is 29.8 Å². The SMILES string of the molecule is Cc1cccc(-c2cc(F)cc3c2OC(C)C3)c1. The zero-order valence-electron chi connectivity index (χ0n) is 10.5. The molecule has 1 unspecified atom stereocenters. The molecule has 2 heteroatoms. The molecule has 92 valence electrons. The van der Waals surface area contributed by atoms with E-state index in [0.29, 0.717) is 0 Å². The molecule has 0 amide bonds. The molecule has 1 aliphatic rings. The van der Waals surface area contributed by atoms with Gasteiger partial charge in [0.1, 0.15) is 17.7 Å². The Morgan fingerprint density at radius 1 is 1.22 bits per heavy atom. The Balaban J connectivity index is 2.18. The van der Waals surface area contributed by atoms with Crippen LogP contribution in [-0.2, 0) is 6.42 Å². The van der Waals surface area contributed by atoms with Crippen molar-refractivity contribution in [3.05, 3.63) is 53.3 Å². The average Bonchev–Trinajstić information content (AvgIpc) is 2.68. The predicted molar refractivity (Wildman–Crippen MR) is 70.4 cm³/mol. The van der Waals surface area contributed by atoms with Gasteiger partial charge in [0, 0.05) is 17.5 Å². The maximum absolute atomic E-state index is 13.7. The van der Waals surface area contributed by atoms with E-state index in [1.807, 2.05) is 32.0 Å². The van der Waals surface area contributed by atoms with Crippen LogP contribution < -0.4 is 4.74 Å². The number of rotatable bonds is 1. The molecule has 0 fully saturated rings. The fourth-order valence-electron chi connectivity index (χ4n) is 2.52. The molecule has 0 bridgehead atoms. The minimum Gasteiger partial charge on any atom is -0.489 e. The second-order valence-corrected chi connectivity index (χ2v) is 4.94. The minimum atomic E-state index is -0.192. The van der Waals surface area contributed by atoms with Crippen LogP contribution in [0.4, 0.5) is 4.39 Å². The predicted octanol–water partition coefficient (Wildman–Crippen LogP) is 4.12. The highest BCUT2D eigenvalue weighted by atomic mass is 19.1. The van der Waals surface area contributed by atoms with Gasteiger partial charge in [0.25, 0.3) is 0 Å². The molecule has 2 aromatic rings. The molecule has 1 nitrogen and oxygen atoms in total. The van der Waals surface area contributed by atoms with Crippen molar-refractivity contribution >= 4 is 0 Å². The normalized spacial score (nSPS) is 17.4. The molecule has 3 rings (SSSR count). The van der Waals surface area contributed by atoms with E-state index in [1.54, 1.807) is 12.1 Å². The summed E-state index contributed by atoms with van der Waals surface area (Å²) in [4.78, 5) is 0. The molecule has 0 radical (unpaired) electrons. The largest absolute Gasteiger partial charge is 0.489 e. The number of aryl methyl sites for hydroxylation is 1. The van der Waals surface area contributed by atoms with Gasteiger partial charge >= 0.3 is 0 Å². The number of fused-ring (bicyclic) bond motifs is 1. The van der Waals surface area contributed by atoms with Crippen LogP contribution >= 0.6 is 0 Å². The summed E-state index contributed by atoms with van der Waals surface area (Å²) in [5.74, 6) is 0.650. The Hall–Kier alpha value is -1.83. The van der Waals surface area contributed by atoms with Gasteiger partial charge in [-0.2, -0.15) is 0 Å². The summed E-state index contributed by atoms with van der Waals surface area (Å²) in [6.07, 6.45) is 0.914. The van der Waals surface area contributed by atoms with Crippen molar-refractivity contribution in [2.24, 2.45) is 0 Å². The smallest absolute Gasteiger partial charge is 0.131 e. The van der Waals surface area contributed by atoms with E-state index in [2.05, 4.69) is 6.07 Å². The minimum absolute atomic E-state index is 0.130. The molecular weight excluding hydrogens is 227 g/mol. The summed E-state index contributed by atoms with van der Waals surface area (Å²) in [5, 5.41) is 0. The van der Waals surface area contributed by atoms with Gasteiger partial charge in [0.2, 0.25) is 0 Å². The van der Waals surface area contributed by atoms with E-state index in [4.69, 9.17) is 4.74 Å². The van der Waals surface area contributed by atoms with Crippen LogP contribution in [0.2, 0.25) is 0 Å². The van der Waals surface area contributed by atoms with Gasteiger partial charge in [-0.05, 0) is 31.5 Å². The van der Waals surface area contributed by atoms with Crippen LogP contribution in [0.1, 0.15) is 18.1 Å². The van der Waals surface area contributed by atoms with Gasteiger partial charge in [0.15, 0.2) is 0 Å². The van der Waals surface area contributed by atoms with Crippen LogP contribution in [0.25, 0.3) is 11.1 Å². The summed E-state index contributed by atoms with van der Waals surface area (Å²) in [7, 11) is 0. The quantitative estimate of drug-likeness (QED) is 0.730. The molecule has 0 N–H and O–H groups in total. The van der Waals surface area contributed by atoms with Crippen molar-refractivity contribution in [2.75, 3.05) is 0 Å². The molecule has 2 aromatic carbocycles. The first-order valence-electron chi connectivity index (χ1n) is 6.19. The van der Waals surface area contributed by atoms with E-state index in [0.717, 1.165) is 34.4 Å². The summed E-state index contributed by atoms with van der Waals surface area (Å²) in [5.41, 5.74) is 4.01. The average molecular weight is 242 g/mol. The second-order valence-electron chi connectivity index (χ2n) is 4.94. The number of benzene rings is 2. The fourth-order valence-corrected chi connectivity index (χ4v) is 2.52. The van der Waals surface area contributed by atoms with E-state index >= 15 is 0 Å². The lowest BCUT2D eigenvalue weighted by atomic mass is 9.99. The molecule has 0 aromatic heterocycles. The zero-order chi connectivity index (χ0) is 12.7. The molecule has 0 spiro atoms. The summed E-state index contributed by atoms with van der Waals surface area (Å²) in [6, 6.07) is 11.2. The number of hydrogen-bond acceptors (Lipinski definition) is 1. The van der Waals surface area contributed by atoms with E-state index < -0.39 is 0 Å². The Bertz CT molecular complexity index is 604. The molecule has 1 atom stereocenters. The molecular formula is C16H15FO. The third-order valence-corrected chi connectivity index (χ3v) is 3.29. The van der Waals surface area contributed by atoms with Crippen molar-refractivity contribution in [1.82, 2.24) is 0 Å². The zero-order valence-corrected chi connectivity index (χ0v) is 10.5. The van der Waals surface area contributed by atoms with Crippen molar-refractivity contribution in [3.63, 3.8) is 0 Å². The van der Waals surface area contributed by atoms with Crippen molar-refractivity contribution in [3.8, 4) is 16.9 Å². The Labute approximate surface area is 106 Å². The van der Waals surface area contributed by atoms with E-state index in [1.165, 1.54) is 0 Å². The summed E-state index contributed by atoms with van der Waals surface area (Å²) in [6.45, 7) is 4.05. The number of hydrogen-bond donors (Lipinski definition) is 0. The molecule has 18 heavy (non-hydrogen) atoms. The Morgan fingerprint density at radius 2 is 2.06 bits per heavy atom. The molecule has 1 aliphatic heterocycles. The fraction of sp³-hybridized carbons (Fsp3) is 0.250. The maximum atomic E-state index is 13.7. The van der Waals surface area contributed by atoms with Gasteiger partial charge in [0.05, 0.1) is 0 Å². The van der Waals surface area contributed by atoms with Gasteiger partial charge < -0.3 is 4.74 Å². The molecule has 0 aliphatic carbocycles. The summed E-state index contributed by atoms with van der Waals surface area (Å²) < 4.78 is 19.5. The molecule has 1 heterocycles. The van der Waals surface area contributed by atoms with Gasteiger partial charge in [-0.3, -0.25) is 0 Å². The van der Waals surface area contributed by atoms with Crippen LogP contribution in [0.5, 0.6) is 5.75 Å². The van der Waals surface area contributed by atoms with Crippen LogP contribution in [0, 0.1) is 12.7 Å². The first-order valence-corrected chi connectivity index (χ1v) is 6.19. The lowest BCUT2D eigenvalue weighted by Gasteiger charge is -2.10. The number of ether oxygens (including phenoxy) is 1. The standard InChI is InChI=1S/C16H15FO/c1-10-4-3-5-12(6-10)15-9-14(17)8-13-7-11(2)18-16(13)15/h3-6,8-9,11H,7H2,1-2H3. The monoisotopic (exact) mass is 242 g/mol. The Morgan fingerprint density at radius 3 is 2.83 bits per heavy atom. The second kappa shape index (κ2) is 4.13. The molecule has 0 saturated carbocycles. The van der Waals surface area contributed by atoms with Crippen LogP contribution in [-0.4, -0.2) is 6.10 Å². The van der Waals surface area contributed by atoms with Crippen molar-refractivity contribution in [2.45, 2.75) is 26.4 Å². The van der Waals surface area contributed by atoms with Crippen LogP contribution in [0.15, 0.2) is 36.4 Å². The van der Waals surface area contributed by atoms with Crippen molar-refractivity contribution < 1.29 is 9.13 Å². The molecule has 0 saturated heterocycles. The first-order chi connectivity index (χ1) is 8.63. The first kappa shape index (κ1) is 11.3. The van der Waals surface area contributed by atoms with E-state index in [-0.39, 0.29) is 11.9 Å². The number of halogens is 1. The third kappa shape index (κ3) is 1.88. The lowest BCUT2D eigenvalue weighted by Crippen LogP contribution is -2.05. The topological polar surface area (TPSA) is 9.23 Å². The lowest BCUT2D eigenvalue weighted by molar-refractivity contribution is 0.255. The van der Waals surface area contributed by atoms with Crippen LogP contribution in [0.3, 0.4) is 0 Å². The summed E-state index contributed by atoms with van der Waals surface area (Å²) >= 11 is 0. The maximum Gasteiger partial charge on any atom is 0.131 e. The Kier molecular flexibility index (Phi) is 2.58. The highest BCUT2D eigenvalue weighted by Crippen LogP contribution is 2.39. The van der Waals surface area contributed by atoms with E-state index in [9.17, 15) is 4.39 Å². The highest BCUT2D eigenvalue weighted by molar-refractivity contribution is 5.73. The van der Waals surface area contributed by atoms with Gasteiger partial charge in [-0.25, -0.2) is 4.39 Å². The third-order valence-electron chi connectivity index (χ3n) is 3.29. The van der Waals surface area contributed by atoms with Crippen molar-refractivity contribution in [1.29, 1.82) is 0 Å².